The Balaban J connectivity index is 2.13. The van der Waals surface area contributed by atoms with Crippen molar-refractivity contribution in [3.8, 4) is 0 Å². The van der Waals surface area contributed by atoms with Gasteiger partial charge in [0.1, 0.15) is 5.82 Å². The van der Waals surface area contributed by atoms with Crippen molar-refractivity contribution in [2.75, 3.05) is 25.6 Å². The zero-order valence-corrected chi connectivity index (χ0v) is 15.2. The molecule has 8 heteroatoms. The van der Waals surface area contributed by atoms with Crippen LogP contribution in [0.4, 0.5) is 5.82 Å². The van der Waals surface area contributed by atoms with E-state index in [1.807, 2.05) is 25.1 Å². The van der Waals surface area contributed by atoms with Crippen LogP contribution in [0.5, 0.6) is 0 Å². The topological polar surface area (TPSA) is 88.6 Å². The van der Waals surface area contributed by atoms with E-state index in [1.54, 1.807) is 19.2 Å². The molecule has 2 aromatic rings. The highest BCUT2D eigenvalue weighted by atomic mass is 32.2. The minimum atomic E-state index is -3.70. The van der Waals surface area contributed by atoms with Crippen molar-refractivity contribution >= 4 is 21.8 Å². The van der Waals surface area contributed by atoms with Crippen LogP contribution in [-0.2, 0) is 21.3 Å². The zero-order chi connectivity index (χ0) is 18.4. The number of anilines is 1. The fraction of sp³-hybridized carbons (Fsp3) is 0.294. The molecule has 0 aliphatic rings. The molecule has 25 heavy (non-hydrogen) atoms. The molecular formula is C17H21N3O4S. The Morgan fingerprint density at radius 2 is 1.88 bits per heavy atom. The molecule has 1 heterocycles. The van der Waals surface area contributed by atoms with E-state index in [0.29, 0.717) is 11.4 Å². The number of hydrogen-bond donors (Lipinski definition) is 1. The van der Waals surface area contributed by atoms with Crippen LogP contribution >= 0.6 is 0 Å². The maximum absolute atomic E-state index is 12.4. The lowest BCUT2D eigenvalue weighted by atomic mass is 10.2. The number of rotatable bonds is 7. The van der Waals surface area contributed by atoms with Gasteiger partial charge in [-0.1, -0.05) is 6.07 Å². The average molecular weight is 363 g/mol. The molecule has 0 radical (unpaired) electrons. The van der Waals surface area contributed by atoms with Crippen LogP contribution in [0.25, 0.3) is 0 Å². The molecule has 0 saturated heterocycles. The van der Waals surface area contributed by atoms with Gasteiger partial charge in [-0.25, -0.2) is 22.9 Å². The van der Waals surface area contributed by atoms with Gasteiger partial charge >= 0.3 is 5.97 Å². The van der Waals surface area contributed by atoms with Crippen molar-refractivity contribution in [1.82, 2.24) is 9.71 Å². The summed E-state index contributed by atoms with van der Waals surface area (Å²) in [6.45, 7) is 2.09. The highest BCUT2D eigenvalue weighted by Gasteiger charge is 2.16. The Hall–Kier alpha value is -2.45. The Morgan fingerprint density at radius 1 is 1.20 bits per heavy atom. The molecular weight excluding hydrogens is 342 g/mol. The summed E-state index contributed by atoms with van der Waals surface area (Å²) in [5.41, 5.74) is 1.07. The van der Waals surface area contributed by atoms with Crippen molar-refractivity contribution in [1.29, 1.82) is 0 Å². The Labute approximate surface area is 147 Å². The molecule has 1 aromatic heterocycles. The maximum atomic E-state index is 12.4. The summed E-state index contributed by atoms with van der Waals surface area (Å²) < 4.78 is 32.3. The third kappa shape index (κ3) is 4.77. The van der Waals surface area contributed by atoms with Gasteiger partial charge in [-0.2, -0.15) is 0 Å². The summed E-state index contributed by atoms with van der Waals surface area (Å²) in [5.74, 6) is 0.216. The van der Waals surface area contributed by atoms with Crippen molar-refractivity contribution in [2.24, 2.45) is 0 Å². The van der Waals surface area contributed by atoms with Crippen LogP contribution in [0.15, 0.2) is 47.5 Å². The van der Waals surface area contributed by atoms with Crippen molar-refractivity contribution in [3.05, 3.63) is 53.7 Å². The molecule has 0 aliphatic heterocycles. The molecule has 1 N–H and O–H groups in total. The van der Waals surface area contributed by atoms with Gasteiger partial charge in [0, 0.05) is 32.4 Å². The SMILES string of the molecule is CCOC(=O)c1ccc(S(=O)(=O)NCc2cccnc2N(C)C)cc1. The Morgan fingerprint density at radius 3 is 2.48 bits per heavy atom. The highest BCUT2D eigenvalue weighted by molar-refractivity contribution is 7.89. The standard InChI is InChI=1S/C17H21N3O4S/c1-4-24-17(21)13-7-9-15(10-8-13)25(22,23)19-12-14-6-5-11-18-16(14)20(2)3/h5-11,19H,4,12H2,1-3H3. The second-order valence-electron chi connectivity index (χ2n) is 5.45. The molecule has 0 spiro atoms. The normalized spacial score (nSPS) is 11.2. The lowest BCUT2D eigenvalue weighted by molar-refractivity contribution is 0.0526. The van der Waals surface area contributed by atoms with Crippen LogP contribution in [0.1, 0.15) is 22.8 Å². The first kappa shape index (κ1) is 18.9. The predicted octanol–water partition coefficient (Wildman–Crippen LogP) is 1.80. The number of nitrogens with zero attached hydrogens (tertiary/aromatic N) is 2. The van der Waals surface area contributed by atoms with Crippen LogP contribution < -0.4 is 9.62 Å². The van der Waals surface area contributed by atoms with Gasteiger partial charge < -0.3 is 9.64 Å². The fourth-order valence-corrected chi connectivity index (χ4v) is 3.22. The quantitative estimate of drug-likeness (QED) is 0.755. The largest absolute Gasteiger partial charge is 0.462 e. The number of carbonyl (C=O) groups excluding carboxylic acids is 1. The zero-order valence-electron chi connectivity index (χ0n) is 14.4. The lowest BCUT2D eigenvalue weighted by Crippen LogP contribution is -2.25. The van der Waals surface area contributed by atoms with E-state index in [2.05, 4.69) is 9.71 Å². The van der Waals surface area contributed by atoms with Crippen molar-refractivity contribution in [2.45, 2.75) is 18.4 Å². The molecule has 0 bridgehead atoms. The van der Waals surface area contributed by atoms with Crippen molar-refractivity contribution < 1.29 is 17.9 Å². The number of pyridine rings is 1. The number of esters is 1. The predicted molar refractivity (Wildman–Crippen MR) is 95.0 cm³/mol. The van der Waals surface area contributed by atoms with E-state index < -0.39 is 16.0 Å². The van der Waals surface area contributed by atoms with Crippen molar-refractivity contribution in [3.63, 3.8) is 0 Å². The smallest absolute Gasteiger partial charge is 0.338 e. The van der Waals surface area contributed by atoms with Crippen LogP contribution in [-0.4, -0.2) is 40.1 Å². The van der Waals surface area contributed by atoms with Gasteiger partial charge in [-0.05, 0) is 37.3 Å². The number of aromatic nitrogens is 1. The summed E-state index contributed by atoms with van der Waals surface area (Å²) >= 11 is 0. The van der Waals surface area contributed by atoms with Crippen LogP contribution in [0.2, 0.25) is 0 Å². The van der Waals surface area contributed by atoms with Crippen LogP contribution in [0, 0.1) is 0 Å². The van der Waals surface area contributed by atoms with E-state index in [9.17, 15) is 13.2 Å². The first-order valence-corrected chi connectivity index (χ1v) is 9.21. The Bertz CT molecular complexity index is 833. The molecule has 1 aromatic carbocycles. The van der Waals surface area contributed by atoms with Gasteiger partial charge in [-0.15, -0.1) is 0 Å². The molecule has 0 fully saturated rings. The number of ether oxygens (including phenoxy) is 1. The van der Waals surface area contributed by atoms with E-state index in [1.165, 1.54) is 24.3 Å². The molecule has 0 unspecified atom stereocenters. The summed E-state index contributed by atoms with van der Waals surface area (Å²) in [4.78, 5) is 17.8. The molecule has 0 amide bonds. The summed E-state index contributed by atoms with van der Waals surface area (Å²) in [5, 5.41) is 0. The molecule has 134 valence electrons. The van der Waals surface area contributed by atoms with Gasteiger partial charge in [0.2, 0.25) is 10.0 Å². The third-order valence-corrected chi connectivity index (χ3v) is 4.84. The monoisotopic (exact) mass is 363 g/mol. The molecule has 0 saturated carbocycles. The van der Waals surface area contributed by atoms with E-state index in [0.717, 1.165) is 5.56 Å². The molecule has 0 atom stereocenters. The second kappa shape index (κ2) is 8.09. The first-order chi connectivity index (χ1) is 11.8. The number of carbonyl (C=O) groups is 1. The third-order valence-electron chi connectivity index (χ3n) is 3.42. The van der Waals surface area contributed by atoms with Crippen LogP contribution in [0.3, 0.4) is 0 Å². The number of nitrogens with one attached hydrogen (secondary N) is 1. The maximum Gasteiger partial charge on any atom is 0.338 e. The Kier molecular flexibility index (Phi) is 6.11. The minimum Gasteiger partial charge on any atom is -0.462 e. The fourth-order valence-electron chi connectivity index (χ4n) is 2.21. The second-order valence-corrected chi connectivity index (χ2v) is 7.22. The summed E-state index contributed by atoms with van der Waals surface area (Å²) in [7, 11) is -0.0207. The van der Waals surface area contributed by atoms with E-state index >= 15 is 0 Å². The molecule has 7 nitrogen and oxygen atoms in total. The average Bonchev–Trinajstić information content (AvgIpc) is 2.60. The van der Waals surface area contributed by atoms with Gasteiger partial charge in [0.15, 0.2) is 0 Å². The minimum absolute atomic E-state index is 0.0795. The van der Waals surface area contributed by atoms with Gasteiger partial charge in [-0.3, -0.25) is 0 Å². The lowest BCUT2D eigenvalue weighted by Gasteiger charge is -2.16. The number of sulfonamides is 1. The van der Waals surface area contributed by atoms with Gasteiger partial charge in [0.05, 0.1) is 17.1 Å². The highest BCUT2D eigenvalue weighted by Crippen LogP contribution is 2.16. The first-order valence-electron chi connectivity index (χ1n) is 7.73. The van der Waals surface area contributed by atoms with E-state index in [-0.39, 0.29) is 18.0 Å². The summed E-state index contributed by atoms with van der Waals surface area (Å²) in [6, 6.07) is 9.19. The van der Waals surface area contributed by atoms with E-state index in [4.69, 9.17) is 4.74 Å². The summed E-state index contributed by atoms with van der Waals surface area (Å²) in [6.07, 6.45) is 1.65. The molecule has 2 rings (SSSR count). The molecule has 0 aliphatic carbocycles. The number of hydrogen-bond acceptors (Lipinski definition) is 6. The van der Waals surface area contributed by atoms with Gasteiger partial charge in [0.25, 0.3) is 0 Å². The number of benzene rings is 1.